The number of carbonyl (C=O) groups excluding carboxylic acids is 1. The predicted molar refractivity (Wildman–Crippen MR) is 70.1 cm³/mol. The molecule has 0 aliphatic carbocycles. The summed E-state index contributed by atoms with van der Waals surface area (Å²) in [6, 6.07) is 6.03. The van der Waals surface area contributed by atoms with Gasteiger partial charge in [0.05, 0.1) is 12.5 Å². The molecule has 1 aliphatic rings. The normalized spacial score (nSPS) is 15.6. The Labute approximate surface area is 117 Å². The first-order chi connectivity index (χ1) is 8.75. The molecule has 0 bridgehead atoms. The molecule has 2 rings (SSSR count). The van der Waals surface area contributed by atoms with E-state index in [9.17, 15) is 9.18 Å². The average Bonchev–Trinajstić information content (AvgIpc) is 2.42. The fourth-order valence-electron chi connectivity index (χ4n) is 1.81. The molecular weight excluding hydrogens is 273 g/mol. The van der Waals surface area contributed by atoms with Crippen molar-refractivity contribution in [1.29, 1.82) is 0 Å². The Morgan fingerprint density at radius 3 is 2.58 bits per heavy atom. The molecule has 1 aromatic rings. The van der Waals surface area contributed by atoms with Gasteiger partial charge in [0.25, 0.3) is 0 Å². The summed E-state index contributed by atoms with van der Waals surface area (Å²) in [5.74, 6) is -0.613. The molecular formula is C13H17ClFNO3. The van der Waals surface area contributed by atoms with Crippen LogP contribution in [-0.4, -0.2) is 19.2 Å². The summed E-state index contributed by atoms with van der Waals surface area (Å²) in [6.45, 7) is 1.59. The highest BCUT2D eigenvalue weighted by atomic mass is 35.5. The van der Waals surface area contributed by atoms with Crippen molar-refractivity contribution in [1.82, 2.24) is 5.48 Å². The van der Waals surface area contributed by atoms with Crippen LogP contribution < -0.4 is 5.48 Å². The molecule has 1 fully saturated rings. The van der Waals surface area contributed by atoms with E-state index in [2.05, 4.69) is 5.48 Å². The van der Waals surface area contributed by atoms with E-state index in [1.807, 2.05) is 0 Å². The van der Waals surface area contributed by atoms with Crippen LogP contribution >= 0.6 is 12.4 Å². The second-order valence-corrected chi connectivity index (χ2v) is 4.26. The molecule has 0 unspecified atom stereocenters. The summed E-state index contributed by atoms with van der Waals surface area (Å²) in [5.41, 5.74) is 3.46. The average molecular weight is 290 g/mol. The zero-order chi connectivity index (χ0) is 12.8. The molecule has 106 valence electrons. The molecule has 4 nitrogen and oxygen atoms in total. The van der Waals surface area contributed by atoms with E-state index >= 15 is 0 Å². The third-order valence-electron chi connectivity index (χ3n) is 2.92. The van der Waals surface area contributed by atoms with Crippen LogP contribution in [0, 0.1) is 11.7 Å². The first-order valence-corrected chi connectivity index (χ1v) is 6.01. The Bertz CT molecular complexity index is 393. The van der Waals surface area contributed by atoms with E-state index in [0.717, 1.165) is 5.56 Å². The summed E-state index contributed by atoms with van der Waals surface area (Å²) in [7, 11) is 0. The summed E-state index contributed by atoms with van der Waals surface area (Å²) in [6.07, 6.45) is 1.41. The minimum atomic E-state index is -0.280. The number of ether oxygens (including phenoxy) is 1. The van der Waals surface area contributed by atoms with Crippen molar-refractivity contribution in [2.75, 3.05) is 13.2 Å². The second-order valence-electron chi connectivity index (χ2n) is 4.26. The first kappa shape index (κ1) is 15.9. The molecule has 1 heterocycles. The smallest absolute Gasteiger partial charge is 0.327 e. The van der Waals surface area contributed by atoms with Crippen molar-refractivity contribution in [3.05, 3.63) is 35.6 Å². The zero-order valence-corrected chi connectivity index (χ0v) is 11.2. The van der Waals surface area contributed by atoms with Gasteiger partial charge in [-0.05, 0) is 30.5 Å². The van der Waals surface area contributed by atoms with Crippen LogP contribution in [0.15, 0.2) is 24.3 Å². The number of benzene rings is 1. The molecule has 6 heteroatoms. The van der Waals surface area contributed by atoms with Gasteiger partial charge in [0.15, 0.2) is 0 Å². The molecule has 0 saturated carbocycles. The number of nitrogens with one attached hydrogen (secondary N) is 1. The summed E-state index contributed by atoms with van der Waals surface area (Å²) in [4.78, 5) is 16.6. The van der Waals surface area contributed by atoms with Crippen molar-refractivity contribution in [2.24, 2.45) is 5.92 Å². The van der Waals surface area contributed by atoms with Crippen LogP contribution in [0.1, 0.15) is 18.4 Å². The summed E-state index contributed by atoms with van der Waals surface area (Å²) < 4.78 is 17.8. The lowest BCUT2D eigenvalue weighted by atomic mass is 10.0. The van der Waals surface area contributed by atoms with Crippen LogP contribution in [0.25, 0.3) is 0 Å². The highest BCUT2D eigenvalue weighted by Crippen LogP contribution is 2.15. The maximum Gasteiger partial charge on any atom is 0.327 e. The van der Waals surface area contributed by atoms with Crippen LogP contribution in [0.2, 0.25) is 0 Å². The Morgan fingerprint density at radius 1 is 1.32 bits per heavy atom. The van der Waals surface area contributed by atoms with Gasteiger partial charge < -0.3 is 9.57 Å². The number of hydrogen-bond acceptors (Lipinski definition) is 4. The minimum Gasteiger partial charge on any atom is -0.381 e. The molecule has 0 atom stereocenters. The zero-order valence-electron chi connectivity index (χ0n) is 10.4. The molecule has 1 saturated heterocycles. The summed E-state index contributed by atoms with van der Waals surface area (Å²) in [5, 5.41) is 0. The Kier molecular flexibility index (Phi) is 6.77. The lowest BCUT2D eigenvalue weighted by Gasteiger charge is -2.20. The molecule has 1 aliphatic heterocycles. The van der Waals surface area contributed by atoms with Crippen LogP contribution in [0.4, 0.5) is 4.39 Å². The van der Waals surface area contributed by atoms with E-state index in [4.69, 9.17) is 9.57 Å². The van der Waals surface area contributed by atoms with Crippen LogP contribution in [-0.2, 0) is 20.9 Å². The highest BCUT2D eigenvalue weighted by Gasteiger charge is 2.23. The maximum atomic E-state index is 12.7. The largest absolute Gasteiger partial charge is 0.381 e. The van der Waals surface area contributed by atoms with Gasteiger partial charge in [-0.15, -0.1) is 17.9 Å². The van der Waals surface area contributed by atoms with Gasteiger partial charge in [-0.2, -0.15) is 0 Å². The standard InChI is InChI=1S/C13H16FNO3.ClH/c14-12-3-1-10(2-4-12)9-15-18-13(16)11-5-7-17-8-6-11;/h1-4,11,15H,5-9H2;1H. The molecule has 0 amide bonds. The number of carbonyl (C=O) groups is 1. The fraction of sp³-hybridized carbons (Fsp3) is 0.462. The number of hydrogen-bond donors (Lipinski definition) is 1. The third kappa shape index (κ3) is 5.14. The van der Waals surface area contributed by atoms with Gasteiger partial charge in [0, 0.05) is 13.2 Å². The van der Waals surface area contributed by atoms with Crippen molar-refractivity contribution >= 4 is 18.4 Å². The fourth-order valence-corrected chi connectivity index (χ4v) is 1.81. The predicted octanol–water partition coefficient (Wildman–Crippen LogP) is 2.22. The monoisotopic (exact) mass is 289 g/mol. The molecule has 1 aromatic carbocycles. The van der Waals surface area contributed by atoms with Crippen molar-refractivity contribution in [2.45, 2.75) is 19.4 Å². The molecule has 19 heavy (non-hydrogen) atoms. The van der Waals surface area contributed by atoms with Gasteiger partial charge in [-0.3, -0.25) is 4.79 Å². The SMILES string of the molecule is Cl.O=C(ONCc1ccc(F)cc1)C1CCOCC1. The highest BCUT2D eigenvalue weighted by molar-refractivity contribution is 5.85. The van der Waals surface area contributed by atoms with E-state index in [0.29, 0.717) is 32.6 Å². The Balaban J connectivity index is 0.00000180. The number of hydroxylamine groups is 1. The minimum absolute atomic E-state index is 0. The lowest BCUT2D eigenvalue weighted by molar-refractivity contribution is -0.159. The number of rotatable bonds is 4. The molecule has 0 aromatic heterocycles. The van der Waals surface area contributed by atoms with E-state index < -0.39 is 0 Å². The molecule has 1 N–H and O–H groups in total. The van der Waals surface area contributed by atoms with Gasteiger partial charge in [0.1, 0.15) is 5.82 Å². The van der Waals surface area contributed by atoms with Crippen molar-refractivity contribution in [3.63, 3.8) is 0 Å². The third-order valence-corrected chi connectivity index (χ3v) is 2.92. The van der Waals surface area contributed by atoms with E-state index in [1.165, 1.54) is 12.1 Å². The maximum absolute atomic E-state index is 12.7. The van der Waals surface area contributed by atoms with Gasteiger partial charge >= 0.3 is 5.97 Å². The Hall–Kier alpha value is -1.17. The van der Waals surface area contributed by atoms with Crippen molar-refractivity contribution < 1.29 is 18.8 Å². The van der Waals surface area contributed by atoms with Gasteiger partial charge in [0.2, 0.25) is 0 Å². The second kappa shape index (κ2) is 8.09. The summed E-state index contributed by atoms with van der Waals surface area (Å²) >= 11 is 0. The quantitative estimate of drug-likeness (QED) is 0.864. The Morgan fingerprint density at radius 2 is 1.95 bits per heavy atom. The lowest BCUT2D eigenvalue weighted by Crippen LogP contribution is -2.29. The van der Waals surface area contributed by atoms with Crippen molar-refractivity contribution in [3.8, 4) is 0 Å². The van der Waals surface area contributed by atoms with E-state index in [-0.39, 0.29) is 30.1 Å². The molecule has 0 radical (unpaired) electrons. The first-order valence-electron chi connectivity index (χ1n) is 6.01. The van der Waals surface area contributed by atoms with Crippen LogP contribution in [0.5, 0.6) is 0 Å². The van der Waals surface area contributed by atoms with Gasteiger partial charge in [-0.25, -0.2) is 4.39 Å². The van der Waals surface area contributed by atoms with E-state index in [1.54, 1.807) is 12.1 Å². The van der Waals surface area contributed by atoms with Crippen LogP contribution in [0.3, 0.4) is 0 Å². The van der Waals surface area contributed by atoms with Gasteiger partial charge in [-0.1, -0.05) is 12.1 Å². The topological polar surface area (TPSA) is 47.6 Å². The molecule has 0 spiro atoms. The number of halogens is 2.